The topological polar surface area (TPSA) is 88.3 Å². The van der Waals surface area contributed by atoms with Crippen molar-refractivity contribution >= 4 is 23.3 Å². The lowest BCUT2D eigenvalue weighted by Gasteiger charge is -2.06. The SMILES string of the molecule is CCCNc1ccc([N+](=O)[O-])c(SCCCO)n1. The van der Waals surface area contributed by atoms with E-state index in [1.165, 1.54) is 17.8 Å². The van der Waals surface area contributed by atoms with Gasteiger partial charge in [0.15, 0.2) is 5.03 Å². The molecule has 0 saturated heterocycles. The lowest BCUT2D eigenvalue weighted by atomic mass is 10.4. The molecule has 0 aliphatic rings. The van der Waals surface area contributed by atoms with Crippen molar-refractivity contribution in [1.29, 1.82) is 0 Å². The van der Waals surface area contributed by atoms with Crippen molar-refractivity contribution < 1.29 is 10.0 Å². The Bertz CT molecular complexity index is 401. The average molecular weight is 271 g/mol. The summed E-state index contributed by atoms with van der Waals surface area (Å²) in [5, 5.41) is 23.1. The predicted octanol–water partition coefficient (Wildman–Crippen LogP) is 2.29. The van der Waals surface area contributed by atoms with Crippen molar-refractivity contribution in [1.82, 2.24) is 4.98 Å². The van der Waals surface area contributed by atoms with Gasteiger partial charge in [0.1, 0.15) is 5.82 Å². The summed E-state index contributed by atoms with van der Waals surface area (Å²) in [5.74, 6) is 1.26. The standard InChI is InChI=1S/C11H17N3O3S/c1-2-6-12-10-5-4-9(14(16)17)11(13-10)18-8-3-7-15/h4-5,15H,2-3,6-8H2,1H3,(H,12,13). The van der Waals surface area contributed by atoms with Gasteiger partial charge in [-0.05, 0) is 18.9 Å². The maximum absolute atomic E-state index is 10.9. The summed E-state index contributed by atoms with van der Waals surface area (Å²) in [6.45, 7) is 2.90. The van der Waals surface area contributed by atoms with Crippen LogP contribution in [0, 0.1) is 10.1 Å². The van der Waals surface area contributed by atoms with Crippen LogP contribution in [0.15, 0.2) is 17.2 Å². The first-order chi connectivity index (χ1) is 8.69. The van der Waals surface area contributed by atoms with Crippen LogP contribution in [0.25, 0.3) is 0 Å². The van der Waals surface area contributed by atoms with E-state index in [9.17, 15) is 10.1 Å². The van der Waals surface area contributed by atoms with E-state index in [0.717, 1.165) is 13.0 Å². The molecule has 18 heavy (non-hydrogen) atoms. The number of anilines is 1. The van der Waals surface area contributed by atoms with Gasteiger partial charge in [-0.3, -0.25) is 10.1 Å². The zero-order chi connectivity index (χ0) is 13.4. The Morgan fingerprint density at radius 1 is 1.56 bits per heavy atom. The van der Waals surface area contributed by atoms with Crippen LogP contribution in [0.4, 0.5) is 11.5 Å². The van der Waals surface area contributed by atoms with Crippen LogP contribution >= 0.6 is 11.8 Å². The minimum absolute atomic E-state index is 0.0139. The molecule has 0 amide bonds. The number of nitro groups is 1. The minimum Gasteiger partial charge on any atom is -0.396 e. The van der Waals surface area contributed by atoms with Crippen LogP contribution < -0.4 is 5.32 Å². The summed E-state index contributed by atoms with van der Waals surface area (Å²) in [6, 6.07) is 3.08. The van der Waals surface area contributed by atoms with Crippen LogP contribution in [0.5, 0.6) is 0 Å². The van der Waals surface area contributed by atoms with Crippen LogP contribution in [0.1, 0.15) is 19.8 Å². The monoisotopic (exact) mass is 271 g/mol. The Balaban J connectivity index is 2.82. The van der Waals surface area contributed by atoms with E-state index >= 15 is 0 Å². The number of nitrogens with one attached hydrogen (secondary N) is 1. The molecule has 1 heterocycles. The summed E-state index contributed by atoms with van der Waals surface area (Å²) in [6.07, 6.45) is 1.56. The Labute approximate surface area is 110 Å². The highest BCUT2D eigenvalue weighted by atomic mass is 32.2. The number of pyridine rings is 1. The third-order valence-electron chi connectivity index (χ3n) is 2.13. The Morgan fingerprint density at radius 2 is 2.33 bits per heavy atom. The van der Waals surface area contributed by atoms with Crippen LogP contribution in [0.3, 0.4) is 0 Å². The van der Waals surface area contributed by atoms with Crippen LogP contribution in [0.2, 0.25) is 0 Å². The number of thioether (sulfide) groups is 1. The third-order valence-corrected chi connectivity index (χ3v) is 3.20. The van der Waals surface area contributed by atoms with E-state index in [1.54, 1.807) is 6.07 Å². The first-order valence-electron chi connectivity index (χ1n) is 5.82. The van der Waals surface area contributed by atoms with Crippen molar-refractivity contribution in [2.24, 2.45) is 0 Å². The lowest BCUT2D eigenvalue weighted by Crippen LogP contribution is -2.03. The molecule has 0 saturated carbocycles. The minimum atomic E-state index is -0.433. The highest BCUT2D eigenvalue weighted by Gasteiger charge is 2.16. The fourth-order valence-electron chi connectivity index (χ4n) is 1.26. The number of aromatic nitrogens is 1. The second kappa shape index (κ2) is 7.88. The van der Waals surface area contributed by atoms with Gasteiger partial charge in [0, 0.05) is 25.0 Å². The normalized spacial score (nSPS) is 10.3. The second-order valence-corrected chi connectivity index (χ2v) is 4.71. The summed E-state index contributed by atoms with van der Waals surface area (Å²) < 4.78 is 0. The molecular formula is C11H17N3O3S. The molecule has 0 aliphatic heterocycles. The number of hydrogen-bond acceptors (Lipinski definition) is 6. The Morgan fingerprint density at radius 3 is 2.94 bits per heavy atom. The van der Waals surface area contributed by atoms with E-state index in [0.29, 0.717) is 23.0 Å². The average Bonchev–Trinajstić information content (AvgIpc) is 2.36. The molecule has 0 unspecified atom stereocenters. The third kappa shape index (κ3) is 4.50. The van der Waals surface area contributed by atoms with Gasteiger partial charge in [0.05, 0.1) is 4.92 Å². The number of aliphatic hydroxyl groups excluding tert-OH is 1. The Kier molecular flexibility index (Phi) is 6.45. The molecular weight excluding hydrogens is 254 g/mol. The molecule has 0 aliphatic carbocycles. The van der Waals surface area contributed by atoms with Crippen molar-refractivity contribution in [2.45, 2.75) is 24.8 Å². The highest BCUT2D eigenvalue weighted by molar-refractivity contribution is 7.99. The van der Waals surface area contributed by atoms with E-state index in [4.69, 9.17) is 5.11 Å². The van der Waals surface area contributed by atoms with Crippen molar-refractivity contribution in [3.05, 3.63) is 22.2 Å². The van der Waals surface area contributed by atoms with Gasteiger partial charge in [-0.2, -0.15) is 0 Å². The quantitative estimate of drug-likeness (QED) is 0.326. The number of nitrogens with zero attached hydrogens (tertiary/aromatic N) is 2. The molecule has 1 aromatic heterocycles. The van der Waals surface area contributed by atoms with Gasteiger partial charge < -0.3 is 10.4 Å². The van der Waals surface area contributed by atoms with Crippen molar-refractivity contribution in [3.63, 3.8) is 0 Å². The van der Waals surface area contributed by atoms with Gasteiger partial charge in [-0.1, -0.05) is 18.7 Å². The molecule has 0 fully saturated rings. The summed E-state index contributed by atoms with van der Waals surface area (Å²) >= 11 is 1.29. The molecule has 1 rings (SSSR count). The van der Waals surface area contributed by atoms with E-state index in [1.807, 2.05) is 6.92 Å². The fourth-order valence-corrected chi connectivity index (χ4v) is 2.18. The molecule has 0 spiro atoms. The zero-order valence-electron chi connectivity index (χ0n) is 10.3. The first kappa shape index (κ1) is 14.7. The van der Waals surface area contributed by atoms with Crippen LogP contribution in [-0.4, -0.2) is 33.9 Å². The second-order valence-electron chi connectivity index (χ2n) is 3.63. The number of aliphatic hydroxyl groups is 1. The zero-order valence-corrected chi connectivity index (χ0v) is 11.1. The van der Waals surface area contributed by atoms with Gasteiger partial charge in [-0.15, -0.1) is 0 Å². The summed E-state index contributed by atoms with van der Waals surface area (Å²) in [5.41, 5.74) is 0.0139. The van der Waals surface area contributed by atoms with E-state index < -0.39 is 4.92 Å². The van der Waals surface area contributed by atoms with Gasteiger partial charge in [-0.25, -0.2) is 4.98 Å². The van der Waals surface area contributed by atoms with Gasteiger partial charge in [0.25, 0.3) is 0 Å². The van der Waals surface area contributed by atoms with Crippen molar-refractivity contribution in [2.75, 3.05) is 24.2 Å². The summed E-state index contributed by atoms with van der Waals surface area (Å²) in [4.78, 5) is 14.7. The first-order valence-corrected chi connectivity index (χ1v) is 6.80. The molecule has 0 aromatic carbocycles. The lowest BCUT2D eigenvalue weighted by molar-refractivity contribution is -0.388. The molecule has 2 N–H and O–H groups in total. The molecule has 1 aromatic rings. The number of hydrogen-bond donors (Lipinski definition) is 2. The number of rotatable bonds is 8. The Hall–Kier alpha value is -1.34. The molecule has 6 nitrogen and oxygen atoms in total. The summed E-state index contributed by atoms with van der Waals surface area (Å²) in [7, 11) is 0. The maximum atomic E-state index is 10.9. The largest absolute Gasteiger partial charge is 0.396 e. The maximum Gasteiger partial charge on any atom is 0.301 e. The van der Waals surface area contributed by atoms with Crippen LogP contribution in [-0.2, 0) is 0 Å². The van der Waals surface area contributed by atoms with E-state index in [2.05, 4.69) is 10.3 Å². The van der Waals surface area contributed by atoms with E-state index in [-0.39, 0.29) is 12.3 Å². The van der Waals surface area contributed by atoms with Gasteiger partial charge in [0.2, 0.25) is 0 Å². The predicted molar refractivity (Wildman–Crippen MR) is 72.1 cm³/mol. The molecule has 0 bridgehead atoms. The highest BCUT2D eigenvalue weighted by Crippen LogP contribution is 2.28. The molecule has 7 heteroatoms. The molecule has 100 valence electrons. The smallest absolute Gasteiger partial charge is 0.301 e. The molecule has 0 atom stereocenters. The van der Waals surface area contributed by atoms with Crippen molar-refractivity contribution in [3.8, 4) is 0 Å². The fraction of sp³-hybridized carbons (Fsp3) is 0.545. The van der Waals surface area contributed by atoms with Gasteiger partial charge >= 0.3 is 5.69 Å². The molecule has 0 radical (unpaired) electrons.